The second kappa shape index (κ2) is 5.17. The fourth-order valence-electron chi connectivity index (χ4n) is 1.51. The fourth-order valence-corrected chi connectivity index (χ4v) is 3.10. The van der Waals surface area contributed by atoms with Gasteiger partial charge in [-0.25, -0.2) is 0 Å². The van der Waals surface area contributed by atoms with Crippen molar-refractivity contribution in [2.45, 2.75) is 13.8 Å². The van der Waals surface area contributed by atoms with Gasteiger partial charge in [-0.3, -0.25) is 4.58 Å². The Morgan fingerprint density at radius 2 is 1.86 bits per heavy atom. The van der Waals surface area contributed by atoms with Gasteiger partial charge in [0.1, 0.15) is 7.05 Å². The van der Waals surface area contributed by atoms with E-state index in [9.17, 15) is 0 Å². The molecule has 76 valence electrons. The monoisotopic (exact) mass is 207 g/mol. The molecule has 0 saturated carbocycles. The third-order valence-corrected chi connectivity index (χ3v) is 3.89. The van der Waals surface area contributed by atoms with Gasteiger partial charge in [0.15, 0.2) is 0 Å². The summed E-state index contributed by atoms with van der Waals surface area (Å²) in [5.74, 6) is 2.29. The Hall–Kier alpha value is -0.810. The van der Waals surface area contributed by atoms with Crippen LogP contribution in [0, 0.1) is 6.54 Å². The Bertz CT molecular complexity index is 331. The van der Waals surface area contributed by atoms with Gasteiger partial charge >= 0.3 is 0 Å². The summed E-state index contributed by atoms with van der Waals surface area (Å²) in [6, 6.07) is 8.61. The Kier molecular flexibility index (Phi) is 4.16. The van der Waals surface area contributed by atoms with E-state index in [1.165, 1.54) is 10.9 Å². The van der Waals surface area contributed by atoms with E-state index in [1.807, 2.05) is 13.8 Å². The lowest BCUT2D eigenvalue weighted by molar-refractivity contribution is -0.441. The van der Waals surface area contributed by atoms with Gasteiger partial charge in [-0.1, -0.05) is 44.8 Å². The third kappa shape index (κ3) is 2.36. The van der Waals surface area contributed by atoms with Crippen molar-refractivity contribution < 1.29 is 4.58 Å². The first-order chi connectivity index (χ1) is 6.77. The summed E-state index contributed by atoms with van der Waals surface area (Å²) in [5.41, 5.74) is 1.37. The molecule has 1 aliphatic rings. The summed E-state index contributed by atoms with van der Waals surface area (Å²) >= 11 is 0. The summed E-state index contributed by atoms with van der Waals surface area (Å²) in [7, 11) is 2.01. The largest absolute Gasteiger partial charge is 0.287 e. The van der Waals surface area contributed by atoms with Gasteiger partial charge in [0.2, 0.25) is 0 Å². The second-order valence-corrected chi connectivity index (χ2v) is 5.01. The third-order valence-electron chi connectivity index (χ3n) is 2.01. The maximum Gasteiger partial charge on any atom is 0.120 e. The van der Waals surface area contributed by atoms with E-state index in [2.05, 4.69) is 55.1 Å². The number of rotatable bonds is 0. The predicted octanol–water partition coefficient (Wildman–Crippen LogP) is 2.64. The van der Waals surface area contributed by atoms with Crippen LogP contribution >= 0.6 is 7.92 Å². The first-order valence-corrected chi connectivity index (χ1v) is 6.87. The van der Waals surface area contributed by atoms with E-state index in [1.54, 1.807) is 0 Å². The van der Waals surface area contributed by atoms with Crippen LogP contribution in [0.3, 0.4) is 0 Å². The predicted molar refractivity (Wildman–Crippen MR) is 65.9 cm³/mol. The smallest absolute Gasteiger partial charge is 0.120 e. The molecular weight excluding hydrogens is 189 g/mol. The van der Waals surface area contributed by atoms with Gasteiger partial charge in [0, 0.05) is 0 Å². The highest BCUT2D eigenvalue weighted by Crippen LogP contribution is 2.30. The maximum absolute atomic E-state index is 2.29. The minimum Gasteiger partial charge on any atom is -0.287 e. The highest BCUT2D eigenvalue weighted by Gasteiger charge is 2.10. The first kappa shape index (κ1) is 11.3. The molecule has 0 bridgehead atoms. The van der Waals surface area contributed by atoms with Crippen molar-refractivity contribution in [3.05, 3.63) is 36.4 Å². The molecule has 0 fully saturated rings. The number of hydrogen-bond donors (Lipinski definition) is 0. The summed E-state index contributed by atoms with van der Waals surface area (Å²) < 4.78 is 2.16. The SMILES string of the molecule is CC.C[N+]1=CP(C)c2ccccc2[CH-]1. The van der Waals surface area contributed by atoms with Crippen LogP contribution in [-0.4, -0.2) is 24.2 Å². The second-order valence-electron chi connectivity index (χ2n) is 3.08. The van der Waals surface area contributed by atoms with Crippen molar-refractivity contribution in [3.63, 3.8) is 0 Å². The average molecular weight is 207 g/mol. The van der Waals surface area contributed by atoms with E-state index in [0.29, 0.717) is 0 Å². The van der Waals surface area contributed by atoms with Crippen molar-refractivity contribution >= 4 is 19.2 Å². The molecule has 1 aliphatic heterocycles. The van der Waals surface area contributed by atoms with Gasteiger partial charge in [-0.05, 0) is 6.66 Å². The molecule has 1 heterocycles. The Morgan fingerprint density at radius 3 is 2.57 bits per heavy atom. The number of nitrogens with zero attached hydrogens (tertiary/aromatic N) is 1. The van der Waals surface area contributed by atoms with Crippen LogP contribution in [0.25, 0.3) is 0 Å². The molecule has 1 nitrogen and oxygen atoms in total. The van der Waals surface area contributed by atoms with Crippen molar-refractivity contribution in [3.8, 4) is 0 Å². The zero-order valence-corrected chi connectivity index (χ0v) is 10.3. The highest BCUT2D eigenvalue weighted by molar-refractivity contribution is 7.78. The minimum absolute atomic E-state index is 0.0772. The van der Waals surface area contributed by atoms with Crippen LogP contribution in [0.2, 0.25) is 0 Å². The topological polar surface area (TPSA) is 3.01 Å². The molecule has 0 aromatic heterocycles. The minimum atomic E-state index is -0.0772. The van der Waals surface area contributed by atoms with Gasteiger partial charge in [0.25, 0.3) is 0 Å². The molecule has 1 unspecified atom stereocenters. The summed E-state index contributed by atoms with van der Waals surface area (Å²) in [4.78, 5) is 0. The molecule has 14 heavy (non-hydrogen) atoms. The number of benzene rings is 1. The average Bonchev–Trinajstić information content (AvgIpc) is 2.20. The molecular formula is C12H18NP. The van der Waals surface area contributed by atoms with E-state index < -0.39 is 0 Å². The van der Waals surface area contributed by atoms with Gasteiger partial charge in [-0.2, -0.15) is 0 Å². The molecule has 1 atom stereocenters. The molecule has 0 saturated heterocycles. The van der Waals surface area contributed by atoms with Crippen LogP contribution < -0.4 is 5.30 Å². The number of hydrogen-bond acceptors (Lipinski definition) is 0. The maximum atomic E-state index is 2.29. The Balaban J connectivity index is 0.000000461. The lowest BCUT2D eigenvalue weighted by atomic mass is 10.2. The molecule has 1 aromatic rings. The standard InChI is InChI=1S/C10H12NP.C2H6/c1-11-7-9-5-3-4-6-10(9)12(2)8-11;1-2/h3-8H,1-2H3;1-2H3. The van der Waals surface area contributed by atoms with E-state index in [-0.39, 0.29) is 7.92 Å². The van der Waals surface area contributed by atoms with Crippen molar-refractivity contribution in [1.82, 2.24) is 0 Å². The lowest BCUT2D eigenvalue weighted by Crippen LogP contribution is -2.19. The lowest BCUT2D eigenvalue weighted by Gasteiger charge is -2.22. The molecule has 0 N–H and O–H groups in total. The Labute approximate surface area is 88.2 Å². The van der Waals surface area contributed by atoms with E-state index >= 15 is 0 Å². The fraction of sp³-hybridized carbons (Fsp3) is 0.333. The summed E-state index contributed by atoms with van der Waals surface area (Å²) in [5, 5.41) is 1.49. The van der Waals surface area contributed by atoms with Crippen LogP contribution in [0.1, 0.15) is 19.4 Å². The summed E-state index contributed by atoms with van der Waals surface area (Å²) in [6.45, 7) is 8.47. The van der Waals surface area contributed by atoms with Crippen molar-refractivity contribution in [2.24, 2.45) is 0 Å². The van der Waals surface area contributed by atoms with Crippen molar-refractivity contribution in [2.75, 3.05) is 13.7 Å². The highest BCUT2D eigenvalue weighted by atomic mass is 31.1. The van der Waals surface area contributed by atoms with Crippen LogP contribution in [0.4, 0.5) is 0 Å². The van der Waals surface area contributed by atoms with Gasteiger partial charge in [-0.15, -0.1) is 12.1 Å². The van der Waals surface area contributed by atoms with E-state index in [4.69, 9.17) is 0 Å². The quantitative estimate of drug-likeness (QED) is 0.349. The molecule has 1 aromatic carbocycles. The molecule has 0 amide bonds. The van der Waals surface area contributed by atoms with E-state index in [0.717, 1.165) is 0 Å². The first-order valence-electron chi connectivity index (χ1n) is 5.01. The van der Waals surface area contributed by atoms with Gasteiger partial charge < -0.3 is 0 Å². The molecule has 0 radical (unpaired) electrons. The molecule has 0 spiro atoms. The summed E-state index contributed by atoms with van der Waals surface area (Å²) in [6.07, 6.45) is 0. The van der Waals surface area contributed by atoms with Crippen molar-refractivity contribution in [1.29, 1.82) is 0 Å². The zero-order chi connectivity index (χ0) is 10.6. The normalized spacial score (nSPS) is 18.3. The number of fused-ring (bicyclic) bond motifs is 1. The molecule has 2 rings (SSSR count). The van der Waals surface area contributed by atoms with Crippen LogP contribution in [0.15, 0.2) is 24.3 Å². The zero-order valence-electron chi connectivity index (χ0n) is 9.36. The molecule has 2 heteroatoms. The Morgan fingerprint density at radius 1 is 1.21 bits per heavy atom. The van der Waals surface area contributed by atoms with Gasteiger partial charge in [0.05, 0.1) is 12.5 Å². The molecule has 0 aliphatic carbocycles. The van der Waals surface area contributed by atoms with Crippen LogP contribution in [0.5, 0.6) is 0 Å². The van der Waals surface area contributed by atoms with Crippen LogP contribution in [-0.2, 0) is 0 Å².